The van der Waals surface area contributed by atoms with Gasteiger partial charge in [-0.25, -0.2) is 9.59 Å². The van der Waals surface area contributed by atoms with Crippen LogP contribution in [0.15, 0.2) is 17.1 Å². The number of ether oxygens (including phenoxy) is 1. The lowest BCUT2D eigenvalue weighted by molar-refractivity contribution is -0.0549. The van der Waals surface area contributed by atoms with Crippen molar-refractivity contribution in [1.29, 1.82) is 0 Å². The Labute approximate surface area is 118 Å². The quantitative estimate of drug-likeness (QED) is 0.331. The summed E-state index contributed by atoms with van der Waals surface area (Å²) in [6, 6.07) is 1.37. The molecule has 0 spiro atoms. The molecule has 2 heterocycles. The number of aliphatic hydroxyl groups excluding tert-OH is 3. The van der Waals surface area contributed by atoms with E-state index in [0.29, 0.717) is 0 Å². The molecule has 118 valence electrons. The minimum absolute atomic E-state index is 0.0537. The number of aliphatic hydroxyl groups is 3. The first-order valence-electron chi connectivity index (χ1n) is 5.73. The average molecular weight is 304 g/mol. The number of hydrogen-bond acceptors (Lipinski definition) is 8. The van der Waals surface area contributed by atoms with Crippen LogP contribution in [-0.2, 0) is 4.74 Å². The number of carboxylic acid groups (broad SMARTS) is 1. The number of nitrogens with two attached hydrogens (primary N) is 2. The molecule has 1 amide bonds. The first-order chi connectivity index (χ1) is 9.77. The Hall–Kier alpha value is -2.21. The summed E-state index contributed by atoms with van der Waals surface area (Å²) in [5.74, 6) is 0.0537. The van der Waals surface area contributed by atoms with Crippen LogP contribution in [0.25, 0.3) is 0 Å². The van der Waals surface area contributed by atoms with Gasteiger partial charge in [0.25, 0.3) is 0 Å². The van der Waals surface area contributed by atoms with Gasteiger partial charge in [0.15, 0.2) is 6.23 Å². The van der Waals surface area contributed by atoms with E-state index in [9.17, 15) is 15.0 Å². The average Bonchev–Trinajstić information content (AvgIpc) is 2.66. The lowest BCUT2D eigenvalue weighted by Crippen LogP contribution is -2.36. The summed E-state index contributed by atoms with van der Waals surface area (Å²) < 4.78 is 6.19. The number of aromatic nitrogens is 2. The van der Waals surface area contributed by atoms with Gasteiger partial charge in [-0.1, -0.05) is 0 Å². The van der Waals surface area contributed by atoms with E-state index in [1.54, 1.807) is 0 Å². The van der Waals surface area contributed by atoms with Crippen LogP contribution >= 0.6 is 0 Å². The lowest BCUT2D eigenvalue weighted by Gasteiger charge is -2.16. The molecule has 1 aromatic heterocycles. The Morgan fingerprint density at radius 3 is 2.43 bits per heavy atom. The summed E-state index contributed by atoms with van der Waals surface area (Å²) in [4.78, 5) is 23.8. The van der Waals surface area contributed by atoms with E-state index in [4.69, 9.17) is 25.5 Å². The molecule has 4 atom stereocenters. The third-order valence-corrected chi connectivity index (χ3v) is 2.64. The van der Waals surface area contributed by atoms with E-state index < -0.39 is 42.9 Å². The Balaban J connectivity index is 0.000000491. The topological polar surface area (TPSA) is 194 Å². The monoisotopic (exact) mass is 304 g/mol. The molecule has 2 rings (SSSR count). The number of nitrogen functional groups attached to an aromatic ring is 1. The van der Waals surface area contributed by atoms with Crippen LogP contribution in [0.1, 0.15) is 6.23 Å². The van der Waals surface area contributed by atoms with Gasteiger partial charge in [0.2, 0.25) is 0 Å². The van der Waals surface area contributed by atoms with Gasteiger partial charge < -0.3 is 36.6 Å². The molecule has 0 bridgehead atoms. The zero-order valence-electron chi connectivity index (χ0n) is 10.7. The Kier molecular flexibility index (Phi) is 5.60. The lowest BCUT2D eigenvalue weighted by atomic mass is 10.1. The molecule has 1 aromatic rings. The van der Waals surface area contributed by atoms with E-state index in [1.807, 2.05) is 0 Å². The minimum atomic E-state index is -1.33. The van der Waals surface area contributed by atoms with Gasteiger partial charge in [0.1, 0.15) is 24.1 Å². The SMILES string of the molecule is NC(=O)O.Nc1ccn([C@@H]2O[C@H](CO)[C@@H](O)[C@@H]2O)c(=O)n1. The Bertz CT molecular complexity index is 544. The molecule has 11 nitrogen and oxygen atoms in total. The first-order valence-corrected chi connectivity index (χ1v) is 5.73. The van der Waals surface area contributed by atoms with E-state index in [1.165, 1.54) is 12.3 Å². The van der Waals surface area contributed by atoms with E-state index in [0.717, 1.165) is 4.57 Å². The molecule has 21 heavy (non-hydrogen) atoms. The summed E-state index contributed by atoms with van der Waals surface area (Å²) >= 11 is 0. The highest BCUT2D eigenvalue weighted by Gasteiger charge is 2.43. The second-order valence-electron chi connectivity index (χ2n) is 4.11. The summed E-state index contributed by atoms with van der Waals surface area (Å²) in [5, 5.41) is 35.3. The van der Waals surface area contributed by atoms with Crippen molar-refractivity contribution in [3.8, 4) is 0 Å². The van der Waals surface area contributed by atoms with Gasteiger partial charge in [-0.2, -0.15) is 4.98 Å². The number of primary amides is 1. The van der Waals surface area contributed by atoms with Crippen molar-refractivity contribution in [1.82, 2.24) is 9.55 Å². The maximum absolute atomic E-state index is 11.5. The van der Waals surface area contributed by atoms with E-state index in [-0.39, 0.29) is 5.82 Å². The summed E-state index contributed by atoms with van der Waals surface area (Å²) in [5.41, 5.74) is 8.66. The number of hydrogen-bond donors (Lipinski definition) is 6. The Morgan fingerprint density at radius 1 is 1.43 bits per heavy atom. The van der Waals surface area contributed by atoms with Crippen LogP contribution in [0, 0.1) is 0 Å². The maximum Gasteiger partial charge on any atom is 0.402 e. The second kappa shape index (κ2) is 6.99. The van der Waals surface area contributed by atoms with Crippen LogP contribution < -0.4 is 17.2 Å². The second-order valence-corrected chi connectivity index (χ2v) is 4.11. The summed E-state index contributed by atoms with van der Waals surface area (Å²) in [6.07, 6.45) is -4.60. The van der Waals surface area contributed by atoms with Gasteiger partial charge in [0, 0.05) is 6.20 Å². The fraction of sp³-hybridized carbons (Fsp3) is 0.500. The molecule has 1 aliphatic heterocycles. The number of rotatable bonds is 2. The van der Waals surface area contributed by atoms with Gasteiger partial charge in [-0.3, -0.25) is 4.57 Å². The number of carbonyl (C=O) groups is 1. The van der Waals surface area contributed by atoms with Crippen molar-refractivity contribution in [3.63, 3.8) is 0 Å². The van der Waals surface area contributed by atoms with Gasteiger partial charge in [0.05, 0.1) is 6.61 Å². The summed E-state index contributed by atoms with van der Waals surface area (Å²) in [7, 11) is 0. The predicted molar refractivity (Wildman–Crippen MR) is 68.1 cm³/mol. The third kappa shape index (κ3) is 4.13. The highest BCUT2D eigenvalue weighted by molar-refractivity contribution is 5.61. The fourth-order valence-electron chi connectivity index (χ4n) is 1.73. The molecule has 1 fully saturated rings. The van der Waals surface area contributed by atoms with Crippen LogP contribution in [-0.4, -0.2) is 61.0 Å². The molecule has 0 aliphatic carbocycles. The zero-order chi connectivity index (χ0) is 16.2. The zero-order valence-corrected chi connectivity index (χ0v) is 10.7. The van der Waals surface area contributed by atoms with Crippen molar-refractivity contribution in [3.05, 3.63) is 22.7 Å². The smallest absolute Gasteiger partial charge is 0.402 e. The molecule has 0 aromatic carbocycles. The molecule has 11 heteroatoms. The highest BCUT2D eigenvalue weighted by atomic mass is 16.6. The predicted octanol–water partition coefficient (Wildman–Crippen LogP) is -2.94. The van der Waals surface area contributed by atoms with Crippen molar-refractivity contribution < 1.29 is 30.0 Å². The number of amides is 1. The van der Waals surface area contributed by atoms with E-state index >= 15 is 0 Å². The minimum Gasteiger partial charge on any atom is -0.465 e. The maximum atomic E-state index is 11.5. The molecular formula is C10H16N4O7. The molecule has 0 unspecified atom stereocenters. The van der Waals surface area contributed by atoms with Crippen molar-refractivity contribution in [2.75, 3.05) is 12.3 Å². The van der Waals surface area contributed by atoms with E-state index in [2.05, 4.69) is 10.7 Å². The van der Waals surface area contributed by atoms with Crippen molar-refractivity contribution >= 4 is 11.9 Å². The molecule has 0 radical (unpaired) electrons. The summed E-state index contributed by atoms with van der Waals surface area (Å²) in [6.45, 7) is -0.453. The normalized spacial score (nSPS) is 27.8. The standard InChI is InChI=1S/C9H13N3O5.CH3NO2/c10-5-1-2-12(9(16)11-5)8-7(15)6(14)4(3-13)17-8;2-1(3)4/h1-2,4,6-8,13-15H,3H2,(H2,10,11,16);2H2,(H,3,4)/t4-,6-,7+,8-;/m1./s1. The van der Waals surface area contributed by atoms with Crippen LogP contribution in [0.5, 0.6) is 0 Å². The van der Waals surface area contributed by atoms with Crippen molar-refractivity contribution in [2.45, 2.75) is 24.5 Å². The molecule has 0 saturated carbocycles. The van der Waals surface area contributed by atoms with Crippen molar-refractivity contribution in [2.24, 2.45) is 5.73 Å². The van der Waals surface area contributed by atoms with Crippen LogP contribution in [0.2, 0.25) is 0 Å². The van der Waals surface area contributed by atoms with Gasteiger partial charge in [-0.15, -0.1) is 0 Å². The molecule has 8 N–H and O–H groups in total. The third-order valence-electron chi connectivity index (χ3n) is 2.64. The highest BCUT2D eigenvalue weighted by Crippen LogP contribution is 2.27. The molecule has 1 saturated heterocycles. The molecular weight excluding hydrogens is 288 g/mol. The fourth-order valence-corrected chi connectivity index (χ4v) is 1.73. The van der Waals surface area contributed by atoms with Gasteiger partial charge >= 0.3 is 11.8 Å². The van der Waals surface area contributed by atoms with Crippen LogP contribution in [0.4, 0.5) is 10.6 Å². The Morgan fingerprint density at radius 2 is 2.00 bits per heavy atom. The molecule has 1 aliphatic rings. The number of nitrogens with zero attached hydrogens (tertiary/aromatic N) is 2. The van der Waals surface area contributed by atoms with Crippen LogP contribution in [0.3, 0.4) is 0 Å². The largest absolute Gasteiger partial charge is 0.465 e. The first kappa shape index (κ1) is 16.8. The number of anilines is 1. The van der Waals surface area contributed by atoms with Gasteiger partial charge in [-0.05, 0) is 6.07 Å².